The van der Waals surface area contributed by atoms with E-state index in [4.69, 9.17) is 5.73 Å². The van der Waals surface area contributed by atoms with Crippen molar-refractivity contribution in [2.45, 2.75) is 13.0 Å². The highest BCUT2D eigenvalue weighted by molar-refractivity contribution is 14.1. The van der Waals surface area contributed by atoms with E-state index in [1.807, 2.05) is 12.4 Å². The van der Waals surface area contributed by atoms with Gasteiger partial charge in [-0.05, 0) is 29.5 Å². The summed E-state index contributed by atoms with van der Waals surface area (Å²) in [7, 11) is 0. The zero-order chi connectivity index (χ0) is 12.3. The zero-order valence-electron chi connectivity index (χ0n) is 10.0. The van der Waals surface area contributed by atoms with E-state index in [1.165, 1.54) is 0 Å². The van der Waals surface area contributed by atoms with Gasteiger partial charge in [0.05, 0.1) is 0 Å². The van der Waals surface area contributed by atoms with Gasteiger partial charge in [-0.3, -0.25) is 4.90 Å². The van der Waals surface area contributed by atoms with Crippen LogP contribution in [0.2, 0.25) is 0 Å². The molecule has 94 valence electrons. The molecule has 0 aromatic carbocycles. The minimum Gasteiger partial charge on any atom is -0.338 e. The number of rotatable bonds is 3. The van der Waals surface area contributed by atoms with Gasteiger partial charge in [-0.1, -0.05) is 0 Å². The number of aromatic nitrogens is 2. The Balaban J connectivity index is 1.93. The van der Waals surface area contributed by atoms with Crippen molar-refractivity contribution in [3.8, 4) is 0 Å². The Hall–Kier alpha value is -0.470. The molecular formula is C11H18IN5. The second-order valence-electron chi connectivity index (χ2n) is 4.31. The van der Waals surface area contributed by atoms with Crippen LogP contribution in [0.5, 0.6) is 0 Å². The van der Waals surface area contributed by atoms with Crippen LogP contribution >= 0.6 is 22.6 Å². The molecule has 1 atom stereocenters. The van der Waals surface area contributed by atoms with E-state index in [0.29, 0.717) is 6.04 Å². The van der Waals surface area contributed by atoms with Gasteiger partial charge in [-0.25, -0.2) is 9.97 Å². The summed E-state index contributed by atoms with van der Waals surface area (Å²) in [5.74, 6) is 0.838. The second-order valence-corrected chi connectivity index (χ2v) is 5.55. The Labute approximate surface area is 116 Å². The molecule has 0 spiro atoms. The summed E-state index contributed by atoms with van der Waals surface area (Å²) >= 11 is 2.22. The van der Waals surface area contributed by atoms with Crippen LogP contribution in [-0.2, 0) is 0 Å². The van der Waals surface area contributed by atoms with Crippen molar-refractivity contribution in [2.75, 3.05) is 37.6 Å². The molecule has 17 heavy (non-hydrogen) atoms. The van der Waals surface area contributed by atoms with Crippen LogP contribution in [-0.4, -0.2) is 53.6 Å². The number of anilines is 1. The summed E-state index contributed by atoms with van der Waals surface area (Å²) in [5, 5.41) is 0. The third-order valence-corrected chi connectivity index (χ3v) is 3.73. The fraction of sp³-hybridized carbons (Fsp3) is 0.636. The van der Waals surface area contributed by atoms with Gasteiger partial charge in [0.15, 0.2) is 0 Å². The van der Waals surface area contributed by atoms with Crippen LogP contribution in [0, 0.1) is 3.57 Å². The normalized spacial score (nSPS) is 19.4. The van der Waals surface area contributed by atoms with E-state index < -0.39 is 0 Å². The lowest BCUT2D eigenvalue weighted by Gasteiger charge is -2.37. The molecule has 6 heteroatoms. The Morgan fingerprint density at radius 1 is 1.29 bits per heavy atom. The van der Waals surface area contributed by atoms with E-state index in [9.17, 15) is 0 Å². The molecule has 0 aliphatic carbocycles. The van der Waals surface area contributed by atoms with E-state index in [0.717, 1.165) is 42.2 Å². The van der Waals surface area contributed by atoms with E-state index in [-0.39, 0.29) is 0 Å². The first-order valence-corrected chi connectivity index (χ1v) is 6.95. The molecule has 1 aromatic heterocycles. The Bertz CT molecular complexity index is 347. The predicted octanol–water partition coefficient (Wildman–Crippen LogP) is 0.550. The van der Waals surface area contributed by atoms with Gasteiger partial charge in [0.2, 0.25) is 5.95 Å². The van der Waals surface area contributed by atoms with Crippen molar-refractivity contribution >= 4 is 28.5 Å². The fourth-order valence-electron chi connectivity index (χ4n) is 1.98. The average molecular weight is 347 g/mol. The van der Waals surface area contributed by atoms with Crippen LogP contribution in [0.4, 0.5) is 5.95 Å². The van der Waals surface area contributed by atoms with E-state index in [1.54, 1.807) is 0 Å². The Morgan fingerprint density at radius 3 is 2.41 bits per heavy atom. The molecule has 1 aromatic rings. The summed E-state index contributed by atoms with van der Waals surface area (Å²) in [6, 6.07) is 0.467. The van der Waals surface area contributed by atoms with Gasteiger partial charge in [0, 0.05) is 54.7 Å². The first kappa shape index (κ1) is 13.0. The second kappa shape index (κ2) is 5.92. The number of nitrogens with zero attached hydrogens (tertiary/aromatic N) is 4. The molecule has 1 aliphatic heterocycles. The maximum atomic E-state index is 5.68. The van der Waals surface area contributed by atoms with Crippen LogP contribution < -0.4 is 10.6 Å². The lowest BCUT2D eigenvalue weighted by molar-refractivity contribution is 0.200. The summed E-state index contributed by atoms with van der Waals surface area (Å²) in [4.78, 5) is 13.4. The monoisotopic (exact) mass is 347 g/mol. The summed E-state index contributed by atoms with van der Waals surface area (Å²) in [6.07, 6.45) is 3.72. The molecule has 0 amide bonds. The molecule has 0 bridgehead atoms. The van der Waals surface area contributed by atoms with Gasteiger partial charge in [-0.2, -0.15) is 0 Å². The Morgan fingerprint density at radius 2 is 1.88 bits per heavy atom. The van der Waals surface area contributed by atoms with E-state index in [2.05, 4.69) is 49.3 Å². The number of hydrogen-bond acceptors (Lipinski definition) is 5. The molecule has 2 rings (SSSR count). The lowest BCUT2D eigenvalue weighted by atomic mass is 10.2. The van der Waals surface area contributed by atoms with Crippen molar-refractivity contribution in [2.24, 2.45) is 5.73 Å². The first-order valence-electron chi connectivity index (χ1n) is 5.87. The lowest BCUT2D eigenvalue weighted by Crippen LogP contribution is -2.51. The third kappa shape index (κ3) is 3.26. The molecule has 1 unspecified atom stereocenters. The van der Waals surface area contributed by atoms with Gasteiger partial charge in [0.1, 0.15) is 0 Å². The standard InChI is InChI=1S/C11H18IN5/c1-9(6-13)16-2-4-17(5-3-16)11-14-7-10(12)8-15-11/h7-9H,2-6,13H2,1H3. The van der Waals surface area contributed by atoms with Crippen molar-refractivity contribution in [3.05, 3.63) is 16.0 Å². The maximum Gasteiger partial charge on any atom is 0.225 e. The van der Waals surface area contributed by atoms with Gasteiger partial charge in [0.25, 0.3) is 0 Å². The molecule has 0 saturated carbocycles. The minimum absolute atomic E-state index is 0.467. The largest absolute Gasteiger partial charge is 0.338 e. The topological polar surface area (TPSA) is 58.3 Å². The molecule has 1 saturated heterocycles. The molecule has 5 nitrogen and oxygen atoms in total. The van der Waals surface area contributed by atoms with Crippen molar-refractivity contribution in [1.82, 2.24) is 14.9 Å². The number of halogens is 1. The fourth-order valence-corrected chi connectivity index (χ4v) is 2.26. The molecule has 2 N–H and O–H groups in total. The van der Waals surface area contributed by atoms with Gasteiger partial charge in [-0.15, -0.1) is 0 Å². The molecular weight excluding hydrogens is 329 g/mol. The quantitative estimate of drug-likeness (QED) is 0.810. The van der Waals surface area contributed by atoms with Crippen LogP contribution in [0.25, 0.3) is 0 Å². The minimum atomic E-state index is 0.467. The van der Waals surface area contributed by atoms with E-state index >= 15 is 0 Å². The summed E-state index contributed by atoms with van der Waals surface area (Å²) < 4.78 is 1.07. The SMILES string of the molecule is CC(CN)N1CCN(c2ncc(I)cn2)CC1. The molecule has 2 heterocycles. The smallest absolute Gasteiger partial charge is 0.225 e. The predicted molar refractivity (Wildman–Crippen MR) is 77.1 cm³/mol. The number of nitrogens with two attached hydrogens (primary N) is 1. The van der Waals surface area contributed by atoms with Crippen LogP contribution in [0.3, 0.4) is 0 Å². The number of piperazine rings is 1. The third-order valence-electron chi connectivity index (χ3n) is 3.17. The van der Waals surface area contributed by atoms with Crippen LogP contribution in [0.15, 0.2) is 12.4 Å². The maximum absolute atomic E-state index is 5.68. The zero-order valence-corrected chi connectivity index (χ0v) is 12.2. The van der Waals surface area contributed by atoms with Crippen molar-refractivity contribution in [1.29, 1.82) is 0 Å². The van der Waals surface area contributed by atoms with Crippen molar-refractivity contribution in [3.63, 3.8) is 0 Å². The average Bonchev–Trinajstić information content (AvgIpc) is 2.39. The van der Waals surface area contributed by atoms with Crippen molar-refractivity contribution < 1.29 is 0 Å². The number of hydrogen-bond donors (Lipinski definition) is 1. The molecule has 1 aliphatic rings. The van der Waals surface area contributed by atoms with Gasteiger partial charge < -0.3 is 10.6 Å². The highest BCUT2D eigenvalue weighted by atomic mass is 127. The molecule has 0 radical (unpaired) electrons. The molecule has 1 fully saturated rings. The van der Waals surface area contributed by atoms with Gasteiger partial charge >= 0.3 is 0 Å². The highest BCUT2D eigenvalue weighted by Gasteiger charge is 2.21. The summed E-state index contributed by atoms with van der Waals surface area (Å²) in [6.45, 7) is 6.92. The van der Waals surface area contributed by atoms with Crippen LogP contribution in [0.1, 0.15) is 6.92 Å². The highest BCUT2D eigenvalue weighted by Crippen LogP contribution is 2.12. The summed E-state index contributed by atoms with van der Waals surface area (Å²) in [5.41, 5.74) is 5.68. The first-order chi connectivity index (χ1) is 8.20. The Kier molecular flexibility index (Phi) is 4.52.